The van der Waals surface area contributed by atoms with Crippen LogP contribution in [0.15, 0.2) is 71.4 Å². The third kappa shape index (κ3) is 3.52. The molecule has 3 nitrogen and oxygen atoms in total. The Balaban J connectivity index is 2.02. The number of aliphatic imine (C=N–C) groups is 1. The highest BCUT2D eigenvalue weighted by Gasteiger charge is 2.40. The van der Waals surface area contributed by atoms with Gasteiger partial charge in [-0.05, 0) is 11.6 Å². The molecule has 0 aromatic heterocycles. The molecule has 0 N–H and O–H groups in total. The van der Waals surface area contributed by atoms with Gasteiger partial charge in [0.1, 0.15) is 0 Å². The molecule has 6 heteroatoms. The summed E-state index contributed by atoms with van der Waals surface area (Å²) in [5, 5.41) is 0. The molecule has 2 aromatic carbocycles. The maximum atomic E-state index is 13.4. The van der Waals surface area contributed by atoms with Gasteiger partial charge in [-0.2, -0.15) is 13.2 Å². The molecule has 2 aromatic rings. The maximum absolute atomic E-state index is 13.4. The number of allylic oxidation sites excluding steroid dienone is 1. The first-order chi connectivity index (χ1) is 12.6. The van der Waals surface area contributed by atoms with E-state index >= 15 is 0 Å². The van der Waals surface area contributed by atoms with Crippen LogP contribution in [0, 0.1) is 0 Å². The number of rotatable bonds is 2. The Labute approximate surface area is 155 Å². The van der Waals surface area contributed by atoms with E-state index in [1.54, 1.807) is 13.1 Å². The number of hydrogen-bond donors (Lipinski definition) is 0. The van der Waals surface area contributed by atoms with Crippen molar-refractivity contribution >= 4 is 17.3 Å². The quantitative estimate of drug-likeness (QED) is 0.556. The van der Waals surface area contributed by atoms with Gasteiger partial charge in [0.05, 0.1) is 0 Å². The Morgan fingerprint density at radius 2 is 1.63 bits per heavy atom. The van der Waals surface area contributed by atoms with E-state index in [2.05, 4.69) is 4.99 Å². The molecule has 140 valence electrons. The minimum atomic E-state index is -4.73. The Kier molecular flexibility index (Phi) is 4.68. The van der Waals surface area contributed by atoms with Gasteiger partial charge in [0.2, 0.25) is 0 Å². The second-order valence-electron chi connectivity index (χ2n) is 6.89. The first-order valence-corrected chi connectivity index (χ1v) is 8.43. The first kappa shape index (κ1) is 18.9. The molecule has 1 aliphatic heterocycles. The fourth-order valence-corrected chi connectivity index (χ4v) is 3.41. The van der Waals surface area contributed by atoms with E-state index < -0.39 is 23.2 Å². The highest BCUT2D eigenvalue weighted by Crippen LogP contribution is 2.46. The molecule has 0 aliphatic carbocycles. The summed E-state index contributed by atoms with van der Waals surface area (Å²) in [6, 6.07) is 14.8. The molecule has 0 unspecified atom stereocenters. The summed E-state index contributed by atoms with van der Waals surface area (Å²) in [5.41, 5.74) is 0.688. The van der Waals surface area contributed by atoms with Gasteiger partial charge in [-0.1, -0.05) is 62.4 Å². The molecule has 0 atom stereocenters. The smallest absolute Gasteiger partial charge is 0.347 e. The molecular formula is C21H19F3N2O. The highest BCUT2D eigenvalue weighted by molar-refractivity contribution is 6.11. The van der Waals surface area contributed by atoms with Crippen molar-refractivity contribution in [3.05, 3.63) is 77.5 Å². The van der Waals surface area contributed by atoms with Crippen LogP contribution in [0.4, 0.5) is 18.9 Å². The molecule has 0 bridgehead atoms. The molecular weight excluding hydrogens is 353 g/mol. The molecule has 0 saturated carbocycles. The van der Waals surface area contributed by atoms with E-state index in [1.165, 1.54) is 30.3 Å². The molecule has 1 amide bonds. The highest BCUT2D eigenvalue weighted by atomic mass is 19.4. The van der Waals surface area contributed by atoms with Crippen LogP contribution in [0.5, 0.6) is 0 Å². The molecule has 1 heterocycles. The van der Waals surface area contributed by atoms with Crippen LogP contribution < -0.4 is 4.90 Å². The van der Waals surface area contributed by atoms with Gasteiger partial charge in [-0.25, -0.2) is 4.99 Å². The fourth-order valence-electron chi connectivity index (χ4n) is 3.41. The van der Waals surface area contributed by atoms with Crippen LogP contribution in [0.1, 0.15) is 25.0 Å². The SMILES string of the molecule is CN1C(=CC(=O)N=C(c2ccccc2)C(F)(F)F)C(C)(C)c2ccccc21. The number of carbonyl (C=O) groups excluding carboxylic acids is 1. The van der Waals surface area contributed by atoms with Gasteiger partial charge in [-0.15, -0.1) is 0 Å². The monoisotopic (exact) mass is 372 g/mol. The van der Waals surface area contributed by atoms with Gasteiger partial charge < -0.3 is 4.90 Å². The van der Waals surface area contributed by atoms with Gasteiger partial charge in [0, 0.05) is 35.5 Å². The molecule has 27 heavy (non-hydrogen) atoms. The number of halogens is 3. The maximum Gasteiger partial charge on any atom is 0.434 e. The van der Waals surface area contributed by atoms with Crippen LogP contribution in [-0.4, -0.2) is 24.8 Å². The number of carbonyl (C=O) groups is 1. The van der Waals surface area contributed by atoms with Crippen LogP contribution in [0.25, 0.3) is 0 Å². The van der Waals surface area contributed by atoms with Gasteiger partial charge in [-0.3, -0.25) is 4.79 Å². The summed E-state index contributed by atoms with van der Waals surface area (Å²) in [6.45, 7) is 3.86. The lowest BCUT2D eigenvalue weighted by Crippen LogP contribution is -2.26. The second-order valence-corrected chi connectivity index (χ2v) is 6.89. The summed E-state index contributed by atoms with van der Waals surface area (Å²) in [6.07, 6.45) is -3.54. The van der Waals surface area contributed by atoms with Gasteiger partial charge >= 0.3 is 6.18 Å². The number of alkyl halides is 3. The van der Waals surface area contributed by atoms with Crippen molar-refractivity contribution in [2.24, 2.45) is 4.99 Å². The average molecular weight is 372 g/mol. The largest absolute Gasteiger partial charge is 0.434 e. The average Bonchev–Trinajstić information content (AvgIpc) is 2.81. The van der Waals surface area contributed by atoms with Crippen molar-refractivity contribution < 1.29 is 18.0 Å². The summed E-state index contributed by atoms with van der Waals surface area (Å²) in [5.74, 6) is -0.936. The van der Waals surface area contributed by atoms with Crippen LogP contribution >= 0.6 is 0 Å². The van der Waals surface area contributed by atoms with Gasteiger partial charge in [0.15, 0.2) is 5.71 Å². The zero-order valence-electron chi connectivity index (χ0n) is 15.2. The predicted molar refractivity (Wildman–Crippen MR) is 100.0 cm³/mol. The van der Waals surface area contributed by atoms with E-state index in [9.17, 15) is 18.0 Å². The first-order valence-electron chi connectivity index (χ1n) is 8.43. The van der Waals surface area contributed by atoms with Crippen LogP contribution in [0.2, 0.25) is 0 Å². The third-order valence-electron chi connectivity index (χ3n) is 4.74. The summed E-state index contributed by atoms with van der Waals surface area (Å²) >= 11 is 0. The Hall–Kier alpha value is -2.89. The van der Waals surface area contributed by atoms with E-state index in [-0.39, 0.29) is 5.56 Å². The normalized spacial score (nSPS) is 17.9. The number of fused-ring (bicyclic) bond motifs is 1. The van der Waals surface area contributed by atoms with Crippen molar-refractivity contribution in [1.29, 1.82) is 0 Å². The van der Waals surface area contributed by atoms with Crippen molar-refractivity contribution in [3.8, 4) is 0 Å². The summed E-state index contributed by atoms with van der Waals surface area (Å²) in [4.78, 5) is 17.6. The number of benzene rings is 2. The van der Waals surface area contributed by atoms with Crippen LogP contribution in [-0.2, 0) is 10.2 Å². The fraction of sp³-hybridized carbons (Fsp3) is 0.238. The number of anilines is 1. The second kappa shape index (κ2) is 6.68. The van der Waals surface area contributed by atoms with Crippen molar-refractivity contribution in [1.82, 2.24) is 0 Å². The summed E-state index contributed by atoms with van der Waals surface area (Å²) < 4.78 is 40.2. The molecule has 0 saturated heterocycles. The lowest BCUT2D eigenvalue weighted by atomic mass is 9.84. The van der Waals surface area contributed by atoms with E-state index in [0.29, 0.717) is 5.70 Å². The number of para-hydroxylation sites is 1. The molecule has 0 spiro atoms. The number of likely N-dealkylation sites (N-methyl/N-ethyl adjacent to an activating group) is 1. The molecule has 1 aliphatic rings. The Bertz CT molecular complexity index is 928. The lowest BCUT2D eigenvalue weighted by Gasteiger charge is -2.23. The number of hydrogen-bond acceptors (Lipinski definition) is 2. The molecule has 0 radical (unpaired) electrons. The Morgan fingerprint density at radius 1 is 1.04 bits per heavy atom. The van der Waals surface area contributed by atoms with Crippen molar-refractivity contribution in [2.45, 2.75) is 25.4 Å². The minimum Gasteiger partial charge on any atom is -0.347 e. The zero-order chi connectivity index (χ0) is 19.8. The zero-order valence-corrected chi connectivity index (χ0v) is 15.2. The topological polar surface area (TPSA) is 32.7 Å². The van der Waals surface area contributed by atoms with E-state index in [4.69, 9.17) is 0 Å². The number of nitrogens with zero attached hydrogens (tertiary/aromatic N) is 2. The van der Waals surface area contributed by atoms with Crippen LogP contribution in [0.3, 0.4) is 0 Å². The standard InChI is InChI=1S/C21H19F3N2O/c1-20(2)15-11-7-8-12-16(15)26(3)17(20)13-18(27)25-19(21(22,23)24)14-9-5-4-6-10-14/h4-13H,1-3H3. The van der Waals surface area contributed by atoms with Crippen molar-refractivity contribution in [3.63, 3.8) is 0 Å². The minimum absolute atomic E-state index is 0.140. The Morgan fingerprint density at radius 3 is 2.22 bits per heavy atom. The van der Waals surface area contributed by atoms with E-state index in [0.717, 1.165) is 11.3 Å². The predicted octanol–water partition coefficient (Wildman–Crippen LogP) is 4.88. The van der Waals surface area contributed by atoms with E-state index in [1.807, 2.05) is 43.0 Å². The third-order valence-corrected chi connectivity index (χ3v) is 4.74. The molecule has 0 fully saturated rings. The number of amides is 1. The van der Waals surface area contributed by atoms with Crippen molar-refractivity contribution in [2.75, 3.05) is 11.9 Å². The van der Waals surface area contributed by atoms with Gasteiger partial charge in [0.25, 0.3) is 5.91 Å². The lowest BCUT2D eigenvalue weighted by molar-refractivity contribution is -0.114. The molecule has 3 rings (SSSR count). The summed E-state index contributed by atoms with van der Waals surface area (Å²) in [7, 11) is 1.79.